The number of amidine groups is 1. The highest BCUT2D eigenvalue weighted by molar-refractivity contribution is 5.98. The zero-order chi connectivity index (χ0) is 24.2. The second-order valence-electron chi connectivity index (χ2n) is 9.37. The molecule has 1 aromatic carbocycles. The van der Waals surface area contributed by atoms with Gasteiger partial charge in [-0.1, -0.05) is 12.1 Å². The first-order valence-corrected chi connectivity index (χ1v) is 12.6. The van der Waals surface area contributed by atoms with Gasteiger partial charge in [-0.2, -0.15) is 0 Å². The Bertz CT molecular complexity index is 1060. The van der Waals surface area contributed by atoms with Crippen molar-refractivity contribution in [3.63, 3.8) is 0 Å². The fourth-order valence-corrected chi connectivity index (χ4v) is 5.66. The van der Waals surface area contributed by atoms with Crippen LogP contribution in [0.25, 0.3) is 10.9 Å². The van der Waals surface area contributed by atoms with Crippen LogP contribution >= 0.6 is 0 Å². The molecule has 0 aliphatic carbocycles. The fourth-order valence-electron chi connectivity index (χ4n) is 5.66. The van der Waals surface area contributed by atoms with Crippen molar-refractivity contribution in [3.8, 4) is 0 Å². The number of aromatic nitrogens is 1. The van der Waals surface area contributed by atoms with E-state index in [2.05, 4.69) is 22.5 Å². The van der Waals surface area contributed by atoms with Crippen molar-refractivity contribution in [1.29, 1.82) is 5.41 Å². The largest absolute Gasteiger partial charge is 0.465 e. The second kappa shape index (κ2) is 10.6. The summed E-state index contributed by atoms with van der Waals surface area (Å²) in [6.07, 6.45) is 5.61. The Hall–Kier alpha value is -2.87. The molecule has 2 fully saturated rings. The van der Waals surface area contributed by atoms with Gasteiger partial charge in [-0.15, -0.1) is 0 Å². The van der Waals surface area contributed by atoms with Crippen LogP contribution in [0.3, 0.4) is 0 Å². The third-order valence-electron chi connectivity index (χ3n) is 7.30. The van der Waals surface area contributed by atoms with Crippen molar-refractivity contribution < 1.29 is 14.3 Å². The number of ether oxygens (including phenoxy) is 1. The number of nitrogens with zero attached hydrogens (tertiary/aromatic N) is 3. The minimum absolute atomic E-state index is 0.0799. The summed E-state index contributed by atoms with van der Waals surface area (Å²) in [7, 11) is 0. The predicted molar refractivity (Wildman–Crippen MR) is 133 cm³/mol. The predicted octanol–water partition coefficient (Wildman–Crippen LogP) is 2.90. The molecule has 4 rings (SSSR count). The van der Waals surface area contributed by atoms with E-state index in [1.807, 2.05) is 23.1 Å². The summed E-state index contributed by atoms with van der Waals surface area (Å²) in [5.41, 5.74) is 8.79. The molecule has 0 spiro atoms. The number of amides is 1. The highest BCUT2D eigenvalue weighted by atomic mass is 16.5. The van der Waals surface area contributed by atoms with Gasteiger partial charge in [0.25, 0.3) is 0 Å². The molecule has 1 amide bonds. The van der Waals surface area contributed by atoms with Gasteiger partial charge in [0, 0.05) is 35.9 Å². The lowest BCUT2D eigenvalue weighted by Crippen LogP contribution is -2.48. The van der Waals surface area contributed by atoms with Crippen LogP contribution in [0.2, 0.25) is 0 Å². The third-order valence-corrected chi connectivity index (χ3v) is 7.30. The standard InChI is InChI=1S/C26H37N5O3/c1-3-30-21(15-18-9-10-19(25(27)28)16-23(18)30)12-11-20-7-5-14-31(20)26(33)22-8-6-13-29(22)17-24(32)34-4-2/h9-10,15-16,20,22H,3-8,11-14,17H2,1-2H3,(H3,27,28)/t20-,22-/m0/s1. The lowest BCUT2D eigenvalue weighted by Gasteiger charge is -2.31. The Kier molecular flexibility index (Phi) is 7.56. The smallest absolute Gasteiger partial charge is 0.320 e. The summed E-state index contributed by atoms with van der Waals surface area (Å²) in [6, 6.07) is 8.17. The van der Waals surface area contributed by atoms with E-state index in [1.165, 1.54) is 5.69 Å². The van der Waals surface area contributed by atoms with Crippen LogP contribution in [0.1, 0.15) is 57.2 Å². The maximum absolute atomic E-state index is 13.5. The molecule has 184 valence electrons. The number of carbonyl (C=O) groups is 2. The van der Waals surface area contributed by atoms with Crippen molar-refractivity contribution in [1.82, 2.24) is 14.4 Å². The number of likely N-dealkylation sites (tertiary alicyclic amines) is 2. The molecule has 8 heteroatoms. The summed E-state index contributed by atoms with van der Waals surface area (Å²) in [5.74, 6) is 0.00301. The minimum Gasteiger partial charge on any atom is -0.465 e. The summed E-state index contributed by atoms with van der Waals surface area (Å²) in [5, 5.41) is 8.90. The number of rotatable bonds is 9. The van der Waals surface area contributed by atoms with E-state index in [-0.39, 0.29) is 36.3 Å². The van der Waals surface area contributed by atoms with Gasteiger partial charge in [0.15, 0.2) is 0 Å². The van der Waals surface area contributed by atoms with Crippen LogP contribution in [0.5, 0.6) is 0 Å². The van der Waals surface area contributed by atoms with Crippen LogP contribution in [0, 0.1) is 5.41 Å². The van der Waals surface area contributed by atoms with Gasteiger partial charge in [-0.05, 0) is 76.4 Å². The van der Waals surface area contributed by atoms with Crippen LogP contribution in [-0.4, -0.2) is 70.4 Å². The van der Waals surface area contributed by atoms with E-state index in [4.69, 9.17) is 15.9 Å². The highest BCUT2D eigenvalue weighted by Crippen LogP contribution is 2.28. The Balaban J connectivity index is 1.44. The molecule has 1 aromatic heterocycles. The van der Waals surface area contributed by atoms with Crippen molar-refractivity contribution in [2.45, 2.75) is 71.0 Å². The second-order valence-corrected chi connectivity index (χ2v) is 9.37. The number of hydrogen-bond donors (Lipinski definition) is 2. The maximum atomic E-state index is 13.5. The molecular weight excluding hydrogens is 430 g/mol. The maximum Gasteiger partial charge on any atom is 0.320 e. The summed E-state index contributed by atoms with van der Waals surface area (Å²) in [4.78, 5) is 29.5. The van der Waals surface area contributed by atoms with E-state index in [0.29, 0.717) is 6.61 Å². The monoisotopic (exact) mass is 467 g/mol. The molecule has 3 N–H and O–H groups in total. The van der Waals surface area contributed by atoms with Gasteiger partial charge in [0.1, 0.15) is 5.84 Å². The number of hydrogen-bond acceptors (Lipinski definition) is 5. The Morgan fingerprint density at radius 2 is 1.94 bits per heavy atom. The normalized spacial score (nSPS) is 20.8. The van der Waals surface area contributed by atoms with E-state index in [0.717, 1.165) is 74.6 Å². The Morgan fingerprint density at radius 1 is 1.15 bits per heavy atom. The molecule has 3 heterocycles. The Morgan fingerprint density at radius 3 is 2.68 bits per heavy atom. The number of benzene rings is 1. The van der Waals surface area contributed by atoms with Crippen LogP contribution in [-0.2, 0) is 27.3 Å². The van der Waals surface area contributed by atoms with Crippen molar-refractivity contribution >= 4 is 28.6 Å². The van der Waals surface area contributed by atoms with Gasteiger partial charge in [-0.3, -0.25) is 19.9 Å². The summed E-state index contributed by atoms with van der Waals surface area (Å²) in [6.45, 7) is 6.91. The zero-order valence-electron chi connectivity index (χ0n) is 20.4. The van der Waals surface area contributed by atoms with Gasteiger partial charge < -0.3 is 19.9 Å². The van der Waals surface area contributed by atoms with E-state index >= 15 is 0 Å². The summed E-state index contributed by atoms with van der Waals surface area (Å²) >= 11 is 0. The first-order chi connectivity index (χ1) is 16.4. The number of esters is 1. The van der Waals surface area contributed by atoms with Crippen molar-refractivity contribution in [2.24, 2.45) is 5.73 Å². The number of aryl methyl sites for hydroxylation is 2. The van der Waals surface area contributed by atoms with Gasteiger partial charge >= 0.3 is 5.97 Å². The number of carbonyl (C=O) groups excluding carboxylic acids is 2. The molecule has 2 aliphatic heterocycles. The lowest BCUT2D eigenvalue weighted by atomic mass is 10.1. The molecule has 2 saturated heterocycles. The van der Waals surface area contributed by atoms with Crippen LogP contribution in [0.4, 0.5) is 0 Å². The number of fused-ring (bicyclic) bond motifs is 1. The molecule has 0 bridgehead atoms. The lowest BCUT2D eigenvalue weighted by molar-refractivity contribution is -0.146. The number of nitrogens with one attached hydrogen (secondary N) is 1. The molecule has 2 atom stereocenters. The third kappa shape index (κ3) is 4.97. The van der Waals surface area contributed by atoms with Gasteiger partial charge in [0.05, 0.1) is 19.2 Å². The molecule has 34 heavy (non-hydrogen) atoms. The molecule has 8 nitrogen and oxygen atoms in total. The molecule has 0 saturated carbocycles. The van der Waals surface area contributed by atoms with Crippen molar-refractivity contribution in [3.05, 3.63) is 35.5 Å². The SMILES string of the molecule is CCOC(=O)CN1CCC[C@H]1C(=O)N1CCC[C@H]1CCc1cc2ccc(C(=N)N)cc2n1CC. The molecular formula is C26H37N5O3. The first-order valence-electron chi connectivity index (χ1n) is 12.6. The quantitative estimate of drug-likeness (QED) is 0.335. The van der Waals surface area contributed by atoms with E-state index in [1.54, 1.807) is 6.92 Å². The number of nitrogens with two attached hydrogens (primary N) is 1. The highest BCUT2D eigenvalue weighted by Gasteiger charge is 2.38. The van der Waals surface area contributed by atoms with Crippen LogP contribution < -0.4 is 5.73 Å². The van der Waals surface area contributed by atoms with Crippen LogP contribution in [0.15, 0.2) is 24.3 Å². The first kappa shape index (κ1) is 24.3. The van der Waals surface area contributed by atoms with E-state index < -0.39 is 0 Å². The molecule has 0 radical (unpaired) electrons. The minimum atomic E-state index is -0.250. The average Bonchev–Trinajstić information content (AvgIpc) is 3.54. The Labute approximate surface area is 201 Å². The van der Waals surface area contributed by atoms with Crippen molar-refractivity contribution in [2.75, 3.05) is 26.2 Å². The topological polar surface area (TPSA) is 105 Å². The van der Waals surface area contributed by atoms with E-state index in [9.17, 15) is 9.59 Å². The van der Waals surface area contributed by atoms with Gasteiger partial charge in [0.2, 0.25) is 5.91 Å². The molecule has 2 aliphatic rings. The summed E-state index contributed by atoms with van der Waals surface area (Å²) < 4.78 is 7.40. The molecule has 0 unspecified atom stereocenters. The number of nitrogen functional groups attached to an aromatic ring is 1. The molecule has 2 aromatic rings. The fraction of sp³-hybridized carbons (Fsp3) is 0.577. The van der Waals surface area contributed by atoms with Gasteiger partial charge in [-0.25, -0.2) is 0 Å². The average molecular weight is 468 g/mol. The zero-order valence-corrected chi connectivity index (χ0v) is 20.4.